The molecule has 0 fully saturated rings. The number of sulfonamides is 1. The summed E-state index contributed by atoms with van der Waals surface area (Å²) in [4.78, 5) is 3.96. The molecule has 0 aromatic carbocycles. The molecule has 2 aromatic heterocycles. The van der Waals surface area contributed by atoms with Crippen molar-refractivity contribution in [3.8, 4) is 0 Å². The van der Waals surface area contributed by atoms with Gasteiger partial charge in [-0.15, -0.1) is 0 Å². The van der Waals surface area contributed by atoms with E-state index >= 15 is 0 Å². The van der Waals surface area contributed by atoms with Crippen LogP contribution in [0.2, 0.25) is 5.15 Å². The number of halogens is 2. The molecule has 0 radical (unpaired) electrons. The number of nitrogens with one attached hydrogen (secondary N) is 1. The number of hydrogen-bond donors (Lipinski definition) is 1. The fraction of sp³-hybridized carbons (Fsp3) is 0.100. The fourth-order valence-corrected chi connectivity index (χ4v) is 3.24. The molecule has 0 unspecified atom stereocenters. The SMILES string of the molecule is C=C(Cl)CNS(=O)(=O)c1c(Cl)nc2ccccn12. The van der Waals surface area contributed by atoms with E-state index in [0.717, 1.165) is 0 Å². The van der Waals surface area contributed by atoms with E-state index in [1.807, 2.05) is 0 Å². The Morgan fingerprint density at radius 1 is 1.50 bits per heavy atom. The van der Waals surface area contributed by atoms with Gasteiger partial charge in [-0.05, 0) is 12.1 Å². The van der Waals surface area contributed by atoms with Crippen molar-refractivity contribution in [2.24, 2.45) is 0 Å². The second-order valence-corrected chi connectivity index (χ2v) is 6.05. The number of nitrogens with zero attached hydrogens (tertiary/aromatic N) is 2. The smallest absolute Gasteiger partial charge is 0.260 e. The number of pyridine rings is 1. The Morgan fingerprint density at radius 2 is 2.22 bits per heavy atom. The molecule has 96 valence electrons. The van der Waals surface area contributed by atoms with Crippen LogP contribution >= 0.6 is 23.2 Å². The molecule has 2 rings (SSSR count). The van der Waals surface area contributed by atoms with Gasteiger partial charge >= 0.3 is 0 Å². The van der Waals surface area contributed by atoms with E-state index in [1.165, 1.54) is 4.40 Å². The molecule has 0 aliphatic carbocycles. The van der Waals surface area contributed by atoms with E-state index in [4.69, 9.17) is 23.2 Å². The summed E-state index contributed by atoms with van der Waals surface area (Å²) in [6.45, 7) is 3.34. The van der Waals surface area contributed by atoms with Crippen LogP contribution in [0.15, 0.2) is 41.0 Å². The first-order chi connectivity index (χ1) is 8.42. The van der Waals surface area contributed by atoms with Gasteiger partial charge in [0.15, 0.2) is 10.2 Å². The van der Waals surface area contributed by atoms with Gasteiger partial charge in [-0.2, -0.15) is 0 Å². The predicted octanol–water partition coefficient (Wildman–Crippen LogP) is 2.02. The summed E-state index contributed by atoms with van der Waals surface area (Å²) in [5.41, 5.74) is 0.451. The number of fused-ring (bicyclic) bond motifs is 1. The van der Waals surface area contributed by atoms with Crippen LogP contribution in [0.5, 0.6) is 0 Å². The van der Waals surface area contributed by atoms with Crippen molar-refractivity contribution >= 4 is 38.9 Å². The van der Waals surface area contributed by atoms with Crippen LogP contribution in [0.25, 0.3) is 5.65 Å². The minimum atomic E-state index is -3.80. The lowest BCUT2D eigenvalue weighted by molar-refractivity contribution is 0.580. The molecular formula is C10H9Cl2N3O2S. The van der Waals surface area contributed by atoms with E-state index < -0.39 is 10.0 Å². The van der Waals surface area contributed by atoms with E-state index in [-0.39, 0.29) is 21.8 Å². The van der Waals surface area contributed by atoms with Gasteiger partial charge in [0.25, 0.3) is 10.0 Å². The summed E-state index contributed by atoms with van der Waals surface area (Å²) in [6, 6.07) is 5.08. The quantitative estimate of drug-likeness (QED) is 0.940. The molecule has 0 spiro atoms. The highest BCUT2D eigenvalue weighted by atomic mass is 35.5. The number of hydrogen-bond acceptors (Lipinski definition) is 3. The maximum Gasteiger partial charge on any atom is 0.260 e. The second-order valence-electron chi connectivity index (χ2n) is 3.48. The summed E-state index contributed by atoms with van der Waals surface area (Å²) in [5.74, 6) is 0. The van der Waals surface area contributed by atoms with Crippen LogP contribution in [0.4, 0.5) is 0 Å². The van der Waals surface area contributed by atoms with Crippen LogP contribution in [0.1, 0.15) is 0 Å². The summed E-state index contributed by atoms with van der Waals surface area (Å²) >= 11 is 11.4. The maximum absolute atomic E-state index is 12.1. The first-order valence-corrected chi connectivity index (χ1v) is 7.11. The molecule has 8 heteroatoms. The standard InChI is InChI=1S/C10H9Cl2N3O2S/c1-7(11)6-13-18(16,17)10-9(12)14-8-4-2-3-5-15(8)10/h2-5,13H,1,6H2. The summed E-state index contributed by atoms with van der Waals surface area (Å²) in [5, 5.41) is -0.0184. The molecule has 18 heavy (non-hydrogen) atoms. The van der Waals surface area contributed by atoms with Gasteiger partial charge < -0.3 is 0 Å². The Hall–Kier alpha value is -1.08. The van der Waals surface area contributed by atoms with E-state index in [9.17, 15) is 8.42 Å². The zero-order valence-corrected chi connectivity index (χ0v) is 11.4. The molecule has 2 aromatic rings. The highest BCUT2D eigenvalue weighted by molar-refractivity contribution is 7.89. The van der Waals surface area contributed by atoms with Crippen LogP contribution in [0, 0.1) is 0 Å². The number of aromatic nitrogens is 2. The van der Waals surface area contributed by atoms with Gasteiger partial charge in [0, 0.05) is 17.8 Å². The van der Waals surface area contributed by atoms with Gasteiger partial charge in [-0.3, -0.25) is 4.40 Å². The van der Waals surface area contributed by atoms with E-state index in [0.29, 0.717) is 5.65 Å². The average molecular weight is 306 g/mol. The Labute approximate surface area is 114 Å². The molecular weight excluding hydrogens is 297 g/mol. The Morgan fingerprint density at radius 3 is 2.89 bits per heavy atom. The molecule has 1 N–H and O–H groups in total. The van der Waals surface area contributed by atoms with Crippen molar-refractivity contribution in [3.05, 3.63) is 41.2 Å². The van der Waals surface area contributed by atoms with Gasteiger partial charge in [0.2, 0.25) is 0 Å². The van der Waals surface area contributed by atoms with Crippen molar-refractivity contribution in [2.75, 3.05) is 6.54 Å². The highest BCUT2D eigenvalue weighted by Gasteiger charge is 2.23. The Balaban J connectivity index is 2.53. The zero-order chi connectivity index (χ0) is 13.3. The molecule has 0 aliphatic rings. The van der Waals surface area contributed by atoms with Crippen molar-refractivity contribution in [3.63, 3.8) is 0 Å². The Kier molecular flexibility index (Phi) is 3.63. The molecule has 0 saturated carbocycles. The monoisotopic (exact) mass is 305 g/mol. The van der Waals surface area contributed by atoms with Gasteiger partial charge in [0.1, 0.15) is 5.65 Å². The summed E-state index contributed by atoms with van der Waals surface area (Å²) in [7, 11) is -3.80. The lowest BCUT2D eigenvalue weighted by Crippen LogP contribution is -2.26. The largest absolute Gasteiger partial charge is 0.288 e. The molecule has 0 saturated heterocycles. The van der Waals surface area contributed by atoms with Crippen molar-refractivity contribution in [2.45, 2.75) is 5.03 Å². The van der Waals surface area contributed by atoms with Gasteiger partial charge in [0.05, 0.1) is 0 Å². The molecule has 0 aliphatic heterocycles. The first-order valence-electron chi connectivity index (χ1n) is 4.87. The van der Waals surface area contributed by atoms with Crippen LogP contribution in [0.3, 0.4) is 0 Å². The van der Waals surface area contributed by atoms with Crippen molar-refractivity contribution < 1.29 is 8.42 Å². The molecule has 0 amide bonds. The average Bonchev–Trinajstić information content (AvgIpc) is 2.63. The third-order valence-corrected chi connectivity index (χ3v) is 4.09. The van der Waals surface area contributed by atoms with Crippen molar-refractivity contribution in [1.82, 2.24) is 14.1 Å². The van der Waals surface area contributed by atoms with Crippen LogP contribution < -0.4 is 4.72 Å². The molecule has 2 heterocycles. The minimum absolute atomic E-state index is 0.0692. The fourth-order valence-electron chi connectivity index (χ4n) is 1.43. The van der Waals surface area contributed by atoms with Gasteiger partial charge in [-0.25, -0.2) is 18.1 Å². The van der Waals surface area contributed by atoms with E-state index in [1.54, 1.807) is 24.4 Å². The number of rotatable bonds is 4. The predicted molar refractivity (Wildman–Crippen MR) is 70.4 cm³/mol. The topological polar surface area (TPSA) is 63.5 Å². The maximum atomic E-state index is 12.1. The van der Waals surface area contributed by atoms with Crippen molar-refractivity contribution in [1.29, 1.82) is 0 Å². The minimum Gasteiger partial charge on any atom is -0.288 e. The number of imidazole rings is 1. The zero-order valence-electron chi connectivity index (χ0n) is 9.10. The summed E-state index contributed by atoms with van der Waals surface area (Å²) in [6.07, 6.45) is 1.57. The van der Waals surface area contributed by atoms with Crippen LogP contribution in [-0.2, 0) is 10.0 Å². The normalized spacial score (nSPS) is 11.9. The van der Waals surface area contributed by atoms with Crippen LogP contribution in [-0.4, -0.2) is 24.3 Å². The lowest BCUT2D eigenvalue weighted by Gasteiger charge is -2.05. The Bertz CT molecular complexity index is 709. The third kappa shape index (κ3) is 2.51. The van der Waals surface area contributed by atoms with E-state index in [2.05, 4.69) is 16.3 Å². The highest BCUT2D eigenvalue weighted by Crippen LogP contribution is 2.22. The first kappa shape index (κ1) is 13.4. The van der Waals surface area contributed by atoms with Gasteiger partial charge in [-0.1, -0.05) is 35.8 Å². The second kappa shape index (κ2) is 4.89. The molecule has 5 nitrogen and oxygen atoms in total. The summed E-state index contributed by atoms with van der Waals surface area (Å²) < 4.78 is 27.8. The molecule has 0 atom stereocenters. The molecule has 0 bridgehead atoms. The lowest BCUT2D eigenvalue weighted by atomic mass is 10.5. The third-order valence-electron chi connectivity index (χ3n) is 2.15.